The van der Waals surface area contributed by atoms with Crippen molar-refractivity contribution in [3.63, 3.8) is 0 Å². The molecule has 0 aliphatic carbocycles. The Morgan fingerprint density at radius 2 is 1.65 bits per heavy atom. The van der Waals surface area contributed by atoms with Gasteiger partial charge in [-0.1, -0.05) is 0 Å². The largest absolute Gasteiger partial charge is 0.406 e. The van der Waals surface area contributed by atoms with Gasteiger partial charge in [0.25, 0.3) is 0 Å². The fraction of sp³-hybridized carbons (Fsp3) is 0.800. The highest BCUT2D eigenvalue weighted by atomic mass is 19.4. The van der Waals surface area contributed by atoms with Crippen LogP contribution in [0.25, 0.3) is 0 Å². The van der Waals surface area contributed by atoms with Crippen LogP contribution >= 0.6 is 0 Å². The maximum Gasteiger partial charge on any atom is 0.406 e. The van der Waals surface area contributed by atoms with Crippen molar-refractivity contribution in [3.8, 4) is 0 Å². The predicted octanol–water partition coefficient (Wildman–Crippen LogP) is 1.91. The minimum atomic E-state index is -4.59. The SMILES string of the molecule is CC1(C)NC(=O)N(CC(F)(F)F)C(=O)C1(C)C. The summed E-state index contributed by atoms with van der Waals surface area (Å²) in [6.07, 6.45) is -4.59. The molecule has 1 aliphatic rings. The van der Waals surface area contributed by atoms with Crippen LogP contribution in [0.3, 0.4) is 0 Å². The number of carbonyl (C=O) groups is 2. The second-order valence-electron chi connectivity index (χ2n) is 5.19. The molecule has 0 saturated carbocycles. The number of amides is 3. The number of nitrogens with zero attached hydrogens (tertiary/aromatic N) is 1. The fourth-order valence-electron chi connectivity index (χ4n) is 1.51. The van der Waals surface area contributed by atoms with E-state index in [9.17, 15) is 22.8 Å². The molecule has 0 aromatic rings. The third-order valence-corrected chi connectivity index (χ3v) is 3.34. The monoisotopic (exact) mass is 252 g/mol. The van der Waals surface area contributed by atoms with E-state index in [1.54, 1.807) is 13.8 Å². The van der Waals surface area contributed by atoms with E-state index in [2.05, 4.69) is 5.32 Å². The number of nitrogens with one attached hydrogen (secondary N) is 1. The molecule has 0 aromatic carbocycles. The smallest absolute Gasteiger partial charge is 0.332 e. The van der Waals surface area contributed by atoms with Crippen LogP contribution in [0.1, 0.15) is 27.7 Å². The van der Waals surface area contributed by atoms with Gasteiger partial charge in [0.2, 0.25) is 5.91 Å². The summed E-state index contributed by atoms with van der Waals surface area (Å²) < 4.78 is 36.8. The lowest BCUT2D eigenvalue weighted by atomic mass is 9.72. The maximum atomic E-state index is 12.3. The molecule has 3 amide bonds. The molecule has 1 N–H and O–H groups in total. The van der Waals surface area contributed by atoms with Crippen molar-refractivity contribution >= 4 is 11.9 Å². The first kappa shape index (κ1) is 13.8. The highest BCUT2D eigenvalue weighted by Crippen LogP contribution is 2.36. The van der Waals surface area contributed by atoms with Crippen LogP contribution in [0.15, 0.2) is 0 Å². The molecular weight excluding hydrogens is 237 g/mol. The van der Waals surface area contributed by atoms with Crippen LogP contribution in [-0.4, -0.2) is 35.1 Å². The number of carbonyl (C=O) groups excluding carboxylic acids is 2. The van der Waals surface area contributed by atoms with Crippen LogP contribution in [0, 0.1) is 5.41 Å². The Hall–Kier alpha value is -1.27. The van der Waals surface area contributed by atoms with Gasteiger partial charge in [0, 0.05) is 0 Å². The van der Waals surface area contributed by atoms with Crippen LogP contribution in [0.4, 0.5) is 18.0 Å². The van der Waals surface area contributed by atoms with Crippen LogP contribution in [0.5, 0.6) is 0 Å². The summed E-state index contributed by atoms with van der Waals surface area (Å²) in [4.78, 5) is 23.6. The van der Waals surface area contributed by atoms with Gasteiger partial charge in [0.05, 0.1) is 11.0 Å². The highest BCUT2D eigenvalue weighted by molar-refractivity contribution is 6.01. The molecule has 1 fully saturated rings. The summed E-state index contributed by atoms with van der Waals surface area (Å²) in [5, 5.41) is 2.42. The van der Waals surface area contributed by atoms with Crippen molar-refractivity contribution in [2.75, 3.05) is 6.54 Å². The van der Waals surface area contributed by atoms with Crippen LogP contribution in [0.2, 0.25) is 0 Å². The van der Waals surface area contributed by atoms with Crippen molar-refractivity contribution in [3.05, 3.63) is 0 Å². The Balaban J connectivity index is 3.05. The molecule has 0 atom stereocenters. The van der Waals surface area contributed by atoms with Gasteiger partial charge in [0.1, 0.15) is 6.54 Å². The van der Waals surface area contributed by atoms with E-state index in [0.29, 0.717) is 0 Å². The van der Waals surface area contributed by atoms with Gasteiger partial charge in [-0.3, -0.25) is 9.69 Å². The number of hydrogen-bond acceptors (Lipinski definition) is 2. The van der Waals surface area contributed by atoms with Crippen LogP contribution < -0.4 is 5.32 Å². The first-order chi connectivity index (χ1) is 7.38. The Kier molecular flexibility index (Phi) is 2.93. The first-order valence-corrected chi connectivity index (χ1v) is 5.09. The fourth-order valence-corrected chi connectivity index (χ4v) is 1.51. The van der Waals surface area contributed by atoms with Gasteiger partial charge < -0.3 is 5.32 Å². The topological polar surface area (TPSA) is 49.4 Å². The minimum Gasteiger partial charge on any atom is -0.332 e. The van der Waals surface area contributed by atoms with Gasteiger partial charge in [-0.2, -0.15) is 13.2 Å². The quantitative estimate of drug-likeness (QED) is 0.775. The molecule has 0 aromatic heterocycles. The molecule has 0 bridgehead atoms. The maximum absolute atomic E-state index is 12.3. The third-order valence-electron chi connectivity index (χ3n) is 3.34. The molecule has 98 valence electrons. The van der Waals surface area contributed by atoms with Crippen molar-refractivity contribution < 1.29 is 22.8 Å². The Labute approximate surface area is 97.1 Å². The van der Waals surface area contributed by atoms with E-state index < -0.39 is 35.6 Å². The van der Waals surface area contributed by atoms with Crippen molar-refractivity contribution in [1.29, 1.82) is 0 Å². The number of urea groups is 1. The van der Waals surface area contributed by atoms with Gasteiger partial charge in [0.15, 0.2) is 0 Å². The Morgan fingerprint density at radius 1 is 1.18 bits per heavy atom. The van der Waals surface area contributed by atoms with Crippen molar-refractivity contribution in [2.24, 2.45) is 5.41 Å². The van der Waals surface area contributed by atoms with E-state index in [1.165, 1.54) is 13.8 Å². The number of alkyl halides is 3. The second kappa shape index (κ2) is 3.61. The minimum absolute atomic E-state index is 0.214. The average Bonchev–Trinajstić information content (AvgIpc) is 2.08. The van der Waals surface area contributed by atoms with Gasteiger partial charge in [-0.15, -0.1) is 0 Å². The summed E-state index contributed by atoms with van der Waals surface area (Å²) in [6.45, 7) is 4.68. The van der Waals surface area contributed by atoms with E-state index in [-0.39, 0.29) is 4.90 Å². The number of imide groups is 1. The Bertz CT molecular complexity index is 361. The zero-order valence-corrected chi connectivity index (χ0v) is 10.1. The summed E-state index contributed by atoms with van der Waals surface area (Å²) in [5.74, 6) is -0.816. The first-order valence-electron chi connectivity index (χ1n) is 5.09. The molecule has 17 heavy (non-hydrogen) atoms. The number of rotatable bonds is 1. The lowest BCUT2D eigenvalue weighted by molar-refractivity contribution is -0.166. The van der Waals surface area contributed by atoms with Gasteiger partial charge in [-0.05, 0) is 27.7 Å². The van der Waals surface area contributed by atoms with Gasteiger partial charge >= 0.3 is 12.2 Å². The lowest BCUT2D eigenvalue weighted by Crippen LogP contribution is -2.69. The number of halogens is 3. The molecule has 4 nitrogen and oxygen atoms in total. The summed E-state index contributed by atoms with van der Waals surface area (Å²) >= 11 is 0. The molecule has 1 aliphatic heterocycles. The normalized spacial score (nSPS) is 23.6. The standard InChI is InChI=1S/C10H15F3N2O2/c1-8(2)6(16)15(5-10(11,12)13)7(17)14-9(8,3)4/h5H2,1-4H3,(H,14,17). The van der Waals surface area contributed by atoms with Crippen LogP contribution in [-0.2, 0) is 4.79 Å². The van der Waals surface area contributed by atoms with E-state index in [4.69, 9.17) is 0 Å². The Morgan fingerprint density at radius 3 is 2.06 bits per heavy atom. The molecule has 0 spiro atoms. The van der Waals surface area contributed by atoms with E-state index in [0.717, 1.165) is 0 Å². The zero-order valence-electron chi connectivity index (χ0n) is 10.1. The predicted molar refractivity (Wildman–Crippen MR) is 54.2 cm³/mol. The van der Waals surface area contributed by atoms with E-state index >= 15 is 0 Å². The molecule has 7 heteroatoms. The lowest BCUT2D eigenvalue weighted by Gasteiger charge is -2.48. The summed E-state index contributed by atoms with van der Waals surface area (Å²) in [7, 11) is 0. The second-order valence-corrected chi connectivity index (χ2v) is 5.19. The third kappa shape index (κ3) is 2.37. The molecule has 0 radical (unpaired) electrons. The number of hydrogen-bond donors (Lipinski definition) is 1. The summed E-state index contributed by atoms with van der Waals surface area (Å²) in [5.41, 5.74) is -1.98. The van der Waals surface area contributed by atoms with E-state index in [1.807, 2.05) is 0 Å². The van der Waals surface area contributed by atoms with Gasteiger partial charge in [-0.25, -0.2) is 4.79 Å². The molecule has 1 rings (SSSR count). The average molecular weight is 252 g/mol. The van der Waals surface area contributed by atoms with Crippen molar-refractivity contribution in [2.45, 2.75) is 39.4 Å². The van der Waals surface area contributed by atoms with Crippen molar-refractivity contribution in [1.82, 2.24) is 10.2 Å². The summed E-state index contributed by atoms with van der Waals surface area (Å²) in [6, 6.07) is -1.00. The molecule has 1 saturated heterocycles. The molecular formula is C10H15F3N2O2. The molecule has 1 heterocycles. The zero-order chi connectivity index (χ0) is 13.6. The highest BCUT2D eigenvalue weighted by Gasteiger charge is 2.54. The molecule has 0 unspecified atom stereocenters.